The second-order valence-corrected chi connectivity index (χ2v) is 8.40. The van der Waals surface area contributed by atoms with Gasteiger partial charge in [0.25, 0.3) is 0 Å². The Bertz CT molecular complexity index is 1020. The third kappa shape index (κ3) is 7.97. The van der Waals surface area contributed by atoms with Gasteiger partial charge in [-0.3, -0.25) is 9.59 Å². The van der Waals surface area contributed by atoms with Crippen LogP contribution in [0.2, 0.25) is 0 Å². The molecule has 2 heterocycles. The van der Waals surface area contributed by atoms with Gasteiger partial charge in [0.15, 0.2) is 5.12 Å². The van der Waals surface area contributed by atoms with Crippen molar-refractivity contribution < 1.29 is 59.8 Å². The highest BCUT2D eigenvalue weighted by Gasteiger charge is 2.49. The molecule has 1 fully saturated rings. The summed E-state index contributed by atoms with van der Waals surface area (Å²) in [6, 6.07) is 0. The number of carbonyl (C=O) groups excluding carboxylic acids is 4. The van der Waals surface area contributed by atoms with Crippen LogP contribution in [0.1, 0.15) is 26.1 Å². The molecule has 200 valence electrons. The summed E-state index contributed by atoms with van der Waals surface area (Å²) in [5.74, 6) is -6.34. The molecule has 2 atom stereocenters. The van der Waals surface area contributed by atoms with E-state index in [9.17, 15) is 45.5 Å². The van der Waals surface area contributed by atoms with Crippen molar-refractivity contribution in [1.29, 1.82) is 0 Å². The number of hydroxylamine groups is 2. The standard InChI is InChI=1S/C19H19F6N3O7S/c1-3-33-14(30)9-27-7-5-26-13(27)8-11-12(36-10(2)29)4-6-28(35-17(32)19(23,24)25)15(11)34-16(31)18(20,21)22/h5,7-8,12,15H,3-4,6,9H2,1-2H3/b11-8+. The SMILES string of the molecule is CCOC(=O)Cn1ccnc1/C=C1\C(SC(C)=O)CCN(OC(=O)C(F)(F)F)C1OC(=O)C(F)(F)F. The largest absolute Gasteiger partial charge is 0.492 e. The molecule has 2 rings (SSSR count). The quantitative estimate of drug-likeness (QED) is 0.373. The molecule has 0 spiro atoms. The lowest BCUT2D eigenvalue weighted by Crippen LogP contribution is -2.51. The average molecular weight is 547 g/mol. The van der Waals surface area contributed by atoms with Crippen molar-refractivity contribution in [2.75, 3.05) is 13.2 Å². The molecular formula is C19H19F6N3O7S. The first-order valence-electron chi connectivity index (χ1n) is 10.0. The molecule has 1 aromatic heterocycles. The fraction of sp³-hybridized carbons (Fsp3) is 0.526. The molecule has 1 aliphatic rings. The fourth-order valence-corrected chi connectivity index (χ4v) is 3.93. The maximum Gasteiger partial charge on any atom is 0.492 e. The van der Waals surface area contributed by atoms with Crippen LogP contribution in [0.3, 0.4) is 0 Å². The summed E-state index contributed by atoms with van der Waals surface area (Å²) >= 11 is 0.600. The number of carbonyl (C=O) groups is 4. The highest BCUT2D eigenvalue weighted by Crippen LogP contribution is 2.36. The molecule has 10 nitrogen and oxygen atoms in total. The number of thioether (sulfide) groups is 1. The third-order valence-corrected chi connectivity index (χ3v) is 5.49. The van der Waals surface area contributed by atoms with E-state index in [4.69, 9.17) is 4.74 Å². The van der Waals surface area contributed by atoms with Crippen molar-refractivity contribution in [1.82, 2.24) is 14.6 Å². The second kappa shape index (κ2) is 11.8. The summed E-state index contributed by atoms with van der Waals surface area (Å²) in [5, 5.41) is -1.40. The number of alkyl halides is 6. The molecule has 0 aliphatic carbocycles. The van der Waals surface area contributed by atoms with E-state index in [0.29, 0.717) is 11.8 Å². The highest BCUT2D eigenvalue weighted by molar-refractivity contribution is 8.14. The molecule has 1 aromatic rings. The normalized spacial score (nSPS) is 20.2. The smallest absolute Gasteiger partial charge is 0.465 e. The molecule has 0 saturated carbocycles. The number of hydrogen-bond donors (Lipinski definition) is 0. The first kappa shape index (κ1) is 29.2. The molecule has 36 heavy (non-hydrogen) atoms. The average Bonchev–Trinajstić information content (AvgIpc) is 3.16. The minimum absolute atomic E-state index is 0.0519. The van der Waals surface area contributed by atoms with Crippen LogP contribution >= 0.6 is 11.8 Å². The van der Waals surface area contributed by atoms with Crippen LogP contribution in [-0.4, -0.2) is 74.6 Å². The number of halogens is 6. The Hall–Kier alpha value is -3.08. The molecule has 0 bridgehead atoms. The highest BCUT2D eigenvalue weighted by atomic mass is 32.2. The van der Waals surface area contributed by atoms with Crippen LogP contribution in [0.5, 0.6) is 0 Å². The number of imidazole rings is 1. The Morgan fingerprint density at radius 1 is 1.14 bits per heavy atom. The number of aromatic nitrogens is 2. The van der Waals surface area contributed by atoms with Crippen molar-refractivity contribution >= 4 is 40.9 Å². The molecule has 1 aliphatic heterocycles. The summed E-state index contributed by atoms with van der Waals surface area (Å²) < 4.78 is 87.6. The van der Waals surface area contributed by atoms with Crippen molar-refractivity contribution in [2.24, 2.45) is 0 Å². The maximum atomic E-state index is 12.9. The van der Waals surface area contributed by atoms with Gasteiger partial charge >= 0.3 is 30.3 Å². The van der Waals surface area contributed by atoms with Gasteiger partial charge in [-0.15, -0.1) is 0 Å². The molecule has 0 radical (unpaired) electrons. The zero-order valence-electron chi connectivity index (χ0n) is 18.6. The zero-order valence-corrected chi connectivity index (χ0v) is 19.4. The van der Waals surface area contributed by atoms with Crippen molar-refractivity contribution in [3.63, 3.8) is 0 Å². The Balaban J connectivity index is 2.56. The van der Waals surface area contributed by atoms with E-state index in [1.807, 2.05) is 0 Å². The number of rotatable bonds is 7. The molecule has 2 unspecified atom stereocenters. The van der Waals surface area contributed by atoms with Crippen LogP contribution in [0.4, 0.5) is 26.3 Å². The van der Waals surface area contributed by atoms with Gasteiger partial charge in [0.05, 0.1) is 6.61 Å². The van der Waals surface area contributed by atoms with Crippen molar-refractivity contribution in [2.45, 2.75) is 50.6 Å². The number of nitrogens with zero attached hydrogens (tertiary/aromatic N) is 3. The summed E-state index contributed by atoms with van der Waals surface area (Å²) in [6.07, 6.45) is -10.0. The van der Waals surface area contributed by atoms with Crippen LogP contribution in [0.25, 0.3) is 6.08 Å². The van der Waals surface area contributed by atoms with Crippen LogP contribution in [0, 0.1) is 0 Å². The van der Waals surface area contributed by atoms with Gasteiger partial charge in [0.1, 0.15) is 12.4 Å². The summed E-state index contributed by atoms with van der Waals surface area (Å²) in [6.45, 7) is 1.73. The summed E-state index contributed by atoms with van der Waals surface area (Å²) in [4.78, 5) is 54.7. The predicted octanol–water partition coefficient (Wildman–Crippen LogP) is 2.64. The molecule has 1 saturated heterocycles. The minimum Gasteiger partial charge on any atom is -0.465 e. The van der Waals surface area contributed by atoms with Crippen molar-refractivity contribution in [3.8, 4) is 0 Å². The Kier molecular flexibility index (Phi) is 9.53. The lowest BCUT2D eigenvalue weighted by molar-refractivity contribution is -0.274. The maximum absolute atomic E-state index is 12.9. The van der Waals surface area contributed by atoms with Gasteiger partial charge in [0, 0.05) is 36.7 Å². The van der Waals surface area contributed by atoms with E-state index in [2.05, 4.69) is 14.6 Å². The van der Waals surface area contributed by atoms with E-state index >= 15 is 0 Å². The number of ether oxygens (including phenoxy) is 2. The van der Waals surface area contributed by atoms with Crippen LogP contribution < -0.4 is 0 Å². The van der Waals surface area contributed by atoms with Gasteiger partial charge in [-0.2, -0.15) is 26.3 Å². The fourth-order valence-electron chi connectivity index (χ4n) is 2.98. The molecular weight excluding hydrogens is 528 g/mol. The zero-order chi connectivity index (χ0) is 27.3. The number of esters is 2. The van der Waals surface area contributed by atoms with Gasteiger partial charge in [-0.25, -0.2) is 14.6 Å². The van der Waals surface area contributed by atoms with E-state index in [-0.39, 0.29) is 29.5 Å². The third-order valence-electron chi connectivity index (χ3n) is 4.37. The van der Waals surface area contributed by atoms with Gasteiger partial charge in [0.2, 0.25) is 6.23 Å². The van der Waals surface area contributed by atoms with Crippen LogP contribution in [0.15, 0.2) is 18.0 Å². The molecule has 0 amide bonds. The summed E-state index contributed by atoms with van der Waals surface area (Å²) in [7, 11) is 0. The Labute approximate surface area is 203 Å². The summed E-state index contributed by atoms with van der Waals surface area (Å²) in [5.41, 5.74) is -0.342. The first-order valence-corrected chi connectivity index (χ1v) is 10.9. The minimum atomic E-state index is -5.55. The number of hydrogen-bond acceptors (Lipinski definition) is 10. The van der Waals surface area contributed by atoms with E-state index in [1.54, 1.807) is 6.92 Å². The van der Waals surface area contributed by atoms with Gasteiger partial charge in [-0.05, 0) is 19.4 Å². The molecule has 0 aromatic carbocycles. The van der Waals surface area contributed by atoms with E-state index in [1.165, 1.54) is 17.0 Å². The Morgan fingerprint density at radius 2 is 1.78 bits per heavy atom. The lowest BCUT2D eigenvalue weighted by atomic mass is 10.0. The van der Waals surface area contributed by atoms with Crippen molar-refractivity contribution in [3.05, 3.63) is 23.8 Å². The van der Waals surface area contributed by atoms with Crippen LogP contribution in [-0.2, 0) is 40.0 Å². The van der Waals surface area contributed by atoms with E-state index < -0.39 is 59.9 Å². The topological polar surface area (TPSA) is 117 Å². The van der Waals surface area contributed by atoms with Gasteiger partial charge < -0.3 is 18.9 Å². The molecule has 0 N–H and O–H groups in total. The second-order valence-electron chi connectivity index (χ2n) is 7.02. The molecule has 17 heteroatoms. The van der Waals surface area contributed by atoms with Gasteiger partial charge in [-0.1, -0.05) is 16.8 Å². The lowest BCUT2D eigenvalue weighted by Gasteiger charge is -2.38. The monoisotopic (exact) mass is 547 g/mol. The van der Waals surface area contributed by atoms with E-state index in [0.717, 1.165) is 13.0 Å². The Morgan fingerprint density at radius 3 is 2.33 bits per heavy atom. The predicted molar refractivity (Wildman–Crippen MR) is 108 cm³/mol. The first-order chi connectivity index (χ1) is 16.6. The number of piperidine rings is 1.